The molecule has 0 aromatic carbocycles. The first-order valence-electron chi connectivity index (χ1n) is 5.96. The number of carboxylic acid groups (broad SMARTS) is 1. The number of aliphatic hydroxyl groups excluding tert-OH is 1. The van der Waals surface area contributed by atoms with Gasteiger partial charge < -0.3 is 20.0 Å². The molecule has 5 nitrogen and oxygen atoms in total. The Labute approximate surface area is 110 Å². The third kappa shape index (κ3) is 4.79. The van der Waals surface area contributed by atoms with Crippen LogP contribution >= 0.6 is 0 Å². The van der Waals surface area contributed by atoms with Crippen molar-refractivity contribution in [1.82, 2.24) is 5.32 Å². The maximum absolute atomic E-state index is 10.7. The van der Waals surface area contributed by atoms with Gasteiger partial charge in [-0.1, -0.05) is 26.8 Å². The number of rotatable bonds is 6. The molecule has 0 spiro atoms. The number of amides is 1. The minimum Gasteiger partial charge on any atom is -0.465 e. The van der Waals surface area contributed by atoms with Crippen molar-refractivity contribution in [1.29, 1.82) is 0 Å². The van der Waals surface area contributed by atoms with Crippen LogP contribution in [0, 0.1) is 0 Å². The Hall–Kier alpha value is -0.853. The molecule has 0 radical (unpaired) electrons. The Morgan fingerprint density at radius 3 is 2.28 bits per heavy atom. The van der Waals surface area contributed by atoms with Crippen LogP contribution in [0.2, 0.25) is 18.1 Å². The summed E-state index contributed by atoms with van der Waals surface area (Å²) in [5.41, 5.74) is 0. The molecule has 3 N–H and O–H groups in total. The van der Waals surface area contributed by atoms with E-state index < -0.39 is 26.6 Å². The van der Waals surface area contributed by atoms with Crippen LogP contribution in [0.5, 0.6) is 0 Å². The molecule has 18 heavy (non-hydrogen) atoms. The summed E-state index contributed by atoms with van der Waals surface area (Å²) in [6.45, 7) is 13.7. The second kappa shape index (κ2) is 6.35. The normalized spacial score (nSPS) is 15.9. The zero-order valence-electron chi connectivity index (χ0n) is 11.9. The van der Waals surface area contributed by atoms with Crippen molar-refractivity contribution in [2.24, 2.45) is 0 Å². The van der Waals surface area contributed by atoms with Gasteiger partial charge in [0.15, 0.2) is 8.32 Å². The van der Waals surface area contributed by atoms with E-state index in [0.29, 0.717) is 0 Å². The highest BCUT2D eigenvalue weighted by atomic mass is 28.4. The first kappa shape index (κ1) is 17.1. The summed E-state index contributed by atoms with van der Waals surface area (Å²) in [4.78, 5) is 10.7. The largest absolute Gasteiger partial charge is 0.465 e. The number of carbonyl (C=O) groups is 1. The summed E-state index contributed by atoms with van der Waals surface area (Å²) in [5, 5.41) is 20.4. The van der Waals surface area contributed by atoms with E-state index in [0.717, 1.165) is 0 Å². The molecular weight excluding hydrogens is 250 g/mol. The summed E-state index contributed by atoms with van der Waals surface area (Å²) < 4.78 is 6.00. The van der Waals surface area contributed by atoms with Gasteiger partial charge in [0.25, 0.3) is 0 Å². The molecule has 0 heterocycles. The SMILES string of the molecule is C=C[C@H](NC(=O)O)[C@@H](CO)O[Si](C)(C)C(C)(C)C. The lowest BCUT2D eigenvalue weighted by molar-refractivity contribution is 0.0826. The molecule has 0 saturated carbocycles. The van der Waals surface area contributed by atoms with Crippen molar-refractivity contribution in [3.05, 3.63) is 12.7 Å². The highest BCUT2D eigenvalue weighted by Crippen LogP contribution is 2.37. The summed E-state index contributed by atoms with van der Waals surface area (Å²) >= 11 is 0. The van der Waals surface area contributed by atoms with Crippen molar-refractivity contribution in [3.63, 3.8) is 0 Å². The molecule has 0 saturated heterocycles. The molecule has 6 heteroatoms. The molecule has 0 aliphatic carbocycles. The number of nitrogens with one attached hydrogen (secondary N) is 1. The van der Waals surface area contributed by atoms with Crippen LogP contribution < -0.4 is 5.32 Å². The maximum atomic E-state index is 10.7. The summed E-state index contributed by atoms with van der Waals surface area (Å²) in [6, 6.07) is -0.610. The fourth-order valence-corrected chi connectivity index (χ4v) is 2.56. The summed E-state index contributed by atoms with van der Waals surface area (Å²) in [6.07, 6.45) is -0.307. The fourth-order valence-electron chi connectivity index (χ4n) is 1.23. The highest BCUT2D eigenvalue weighted by molar-refractivity contribution is 6.74. The Balaban J connectivity index is 4.88. The molecule has 0 bridgehead atoms. The van der Waals surface area contributed by atoms with E-state index in [9.17, 15) is 9.90 Å². The predicted molar refractivity (Wildman–Crippen MR) is 74.3 cm³/mol. The third-order valence-corrected chi connectivity index (χ3v) is 7.88. The molecule has 106 valence electrons. The van der Waals surface area contributed by atoms with Gasteiger partial charge in [0.2, 0.25) is 0 Å². The smallest absolute Gasteiger partial charge is 0.405 e. The van der Waals surface area contributed by atoms with Crippen LogP contribution in [-0.4, -0.2) is 43.4 Å². The highest BCUT2D eigenvalue weighted by Gasteiger charge is 2.40. The van der Waals surface area contributed by atoms with Crippen molar-refractivity contribution in [3.8, 4) is 0 Å². The molecular formula is C12H25NO4Si. The van der Waals surface area contributed by atoms with Gasteiger partial charge in [-0.15, -0.1) is 6.58 Å². The van der Waals surface area contributed by atoms with Crippen LogP contribution in [0.15, 0.2) is 12.7 Å². The Morgan fingerprint density at radius 1 is 1.50 bits per heavy atom. The summed E-state index contributed by atoms with van der Waals surface area (Å²) in [7, 11) is -2.06. The van der Waals surface area contributed by atoms with Gasteiger partial charge in [0.1, 0.15) is 0 Å². The van der Waals surface area contributed by atoms with Gasteiger partial charge in [-0.05, 0) is 18.1 Å². The van der Waals surface area contributed by atoms with E-state index in [4.69, 9.17) is 9.53 Å². The van der Waals surface area contributed by atoms with Gasteiger partial charge >= 0.3 is 6.09 Å². The van der Waals surface area contributed by atoms with E-state index in [1.54, 1.807) is 0 Å². The van der Waals surface area contributed by atoms with Crippen LogP contribution in [0.3, 0.4) is 0 Å². The molecule has 0 aromatic rings. The van der Waals surface area contributed by atoms with Gasteiger partial charge in [-0.2, -0.15) is 0 Å². The van der Waals surface area contributed by atoms with Crippen molar-refractivity contribution in [2.45, 2.75) is 51.0 Å². The quantitative estimate of drug-likeness (QED) is 0.513. The Kier molecular flexibility index (Phi) is 6.05. The Bertz CT molecular complexity index is 299. The van der Waals surface area contributed by atoms with Gasteiger partial charge in [0.05, 0.1) is 18.8 Å². The van der Waals surface area contributed by atoms with Crippen LogP contribution in [0.25, 0.3) is 0 Å². The lowest BCUT2D eigenvalue weighted by atomic mass is 10.2. The van der Waals surface area contributed by atoms with Gasteiger partial charge in [0, 0.05) is 0 Å². The zero-order valence-corrected chi connectivity index (χ0v) is 12.9. The minimum atomic E-state index is -2.06. The molecule has 0 aliphatic heterocycles. The first-order valence-corrected chi connectivity index (χ1v) is 8.86. The monoisotopic (exact) mass is 275 g/mol. The van der Waals surface area contributed by atoms with E-state index >= 15 is 0 Å². The predicted octanol–water partition coefficient (Wildman–Crippen LogP) is 2.19. The maximum Gasteiger partial charge on any atom is 0.405 e. The van der Waals surface area contributed by atoms with Crippen molar-refractivity contribution in [2.75, 3.05) is 6.61 Å². The molecule has 0 unspecified atom stereocenters. The number of aliphatic hydroxyl groups is 1. The van der Waals surface area contributed by atoms with Crippen molar-refractivity contribution < 1.29 is 19.4 Å². The molecule has 0 rings (SSSR count). The second-order valence-corrected chi connectivity index (χ2v) is 10.6. The topological polar surface area (TPSA) is 78.8 Å². The van der Waals surface area contributed by atoms with Crippen molar-refractivity contribution >= 4 is 14.4 Å². The van der Waals surface area contributed by atoms with E-state index in [1.165, 1.54) is 6.08 Å². The van der Waals surface area contributed by atoms with E-state index in [2.05, 4.69) is 45.8 Å². The molecule has 0 aliphatic rings. The Morgan fingerprint density at radius 2 is 2.00 bits per heavy atom. The lowest BCUT2D eigenvalue weighted by Gasteiger charge is -2.40. The number of hydrogen-bond acceptors (Lipinski definition) is 3. The summed E-state index contributed by atoms with van der Waals surface area (Å²) in [5.74, 6) is 0. The second-order valence-electron chi connectivity index (χ2n) is 5.81. The standard InChI is InChI=1S/C12H25NO4Si/c1-7-9(13-11(15)16)10(8-14)17-18(5,6)12(2,3)4/h7,9-10,13-14H,1,8H2,2-6H3,(H,15,16)/t9-,10+/m0/s1. The van der Waals surface area contributed by atoms with Crippen LogP contribution in [-0.2, 0) is 4.43 Å². The van der Waals surface area contributed by atoms with Gasteiger partial charge in [-0.25, -0.2) is 4.79 Å². The lowest BCUT2D eigenvalue weighted by Crippen LogP contribution is -2.52. The average molecular weight is 275 g/mol. The number of hydrogen-bond donors (Lipinski definition) is 3. The van der Waals surface area contributed by atoms with Gasteiger partial charge in [-0.3, -0.25) is 0 Å². The fraction of sp³-hybridized carbons (Fsp3) is 0.750. The third-order valence-electron chi connectivity index (χ3n) is 3.38. The van der Waals surface area contributed by atoms with Crippen LogP contribution in [0.1, 0.15) is 20.8 Å². The average Bonchev–Trinajstić information content (AvgIpc) is 2.20. The van der Waals surface area contributed by atoms with E-state index in [-0.39, 0.29) is 11.6 Å². The first-order chi connectivity index (χ1) is 8.05. The van der Waals surface area contributed by atoms with Crippen LogP contribution in [0.4, 0.5) is 4.79 Å². The molecule has 1 amide bonds. The molecule has 2 atom stereocenters. The van der Waals surface area contributed by atoms with E-state index in [1.807, 2.05) is 0 Å². The molecule has 0 aromatic heterocycles. The molecule has 0 fully saturated rings. The zero-order chi connectivity index (χ0) is 14.6. The minimum absolute atomic E-state index is 0.00460.